The third-order valence-corrected chi connectivity index (χ3v) is 0.459. The molecule has 0 saturated heterocycles. The Morgan fingerprint density at radius 1 is 1.25 bits per heavy atom. The predicted molar refractivity (Wildman–Crippen MR) is 27.9 cm³/mol. The van der Waals surface area contributed by atoms with Crippen LogP contribution in [0.1, 0.15) is 0 Å². The van der Waals surface area contributed by atoms with Gasteiger partial charge in [-0.3, -0.25) is 0 Å². The van der Waals surface area contributed by atoms with Gasteiger partial charge in [0.05, 0.1) is 0 Å². The largest absolute Gasteiger partial charge is 0.316 e. The van der Waals surface area contributed by atoms with Gasteiger partial charge in [-0.1, -0.05) is 0 Å². The zero-order valence-electron chi connectivity index (χ0n) is 3.72. The zero-order valence-corrected chi connectivity index (χ0v) is 8.84. The summed E-state index contributed by atoms with van der Waals surface area (Å²) < 4.78 is 31.9. The van der Waals surface area contributed by atoms with Crippen LogP contribution in [0.4, 0.5) is 13.2 Å². The van der Waals surface area contributed by atoms with E-state index < -0.39 is 9.91 Å². The van der Waals surface area contributed by atoms with Crippen molar-refractivity contribution in [1.29, 1.82) is 0 Å². The first-order valence-electron chi connectivity index (χ1n) is 1.26. The van der Waals surface area contributed by atoms with Crippen molar-refractivity contribution in [2.45, 2.75) is 0 Å². The number of halogens is 4. The van der Waals surface area contributed by atoms with E-state index in [0.717, 1.165) is 28.3 Å². The van der Waals surface area contributed by atoms with Gasteiger partial charge in [0, 0.05) is 42.1 Å². The molecule has 42 valence electrons. The van der Waals surface area contributed by atoms with E-state index in [1.807, 2.05) is 0 Å². The van der Waals surface area contributed by atoms with Crippen LogP contribution in [-0.4, -0.2) is 0 Å². The molecule has 0 spiro atoms. The quantitative estimate of drug-likeness (QED) is 0.365. The van der Waals surface area contributed by atoms with Crippen molar-refractivity contribution in [3.05, 3.63) is 15.6 Å². The first-order valence-corrected chi connectivity index (χ1v) is 2.33. The van der Waals surface area contributed by atoms with Gasteiger partial charge in [-0.25, -0.2) is 0 Å². The van der Waals surface area contributed by atoms with E-state index in [9.17, 15) is 13.2 Å². The maximum Gasteiger partial charge on any atom is 0.316 e. The second-order valence-electron chi connectivity index (χ2n) is 0.646. The topological polar surface area (TPSA) is 0 Å². The van der Waals surface area contributed by atoms with Crippen molar-refractivity contribution in [2.24, 2.45) is 0 Å². The molecule has 0 aromatic carbocycles. The van der Waals surface area contributed by atoms with Gasteiger partial charge >= 0.3 is 6.08 Å². The number of hydrogen-bond donors (Lipinski definition) is 0. The van der Waals surface area contributed by atoms with Crippen LogP contribution in [0, 0.1) is 0 Å². The maximum atomic E-state index is 11.2. The Hall–Kier alpha value is 0.663. The smallest absolute Gasteiger partial charge is 0.190 e. The summed E-state index contributed by atoms with van der Waals surface area (Å²) in [6.45, 7) is 0. The van der Waals surface area contributed by atoms with E-state index in [-0.39, 0.29) is 19.5 Å². The number of rotatable bonds is 0. The minimum atomic E-state index is -2.13. The fraction of sp³-hybridized carbons (Fsp3) is 0. The van der Waals surface area contributed by atoms with Crippen LogP contribution in [0.3, 0.4) is 0 Å². The van der Waals surface area contributed by atoms with E-state index in [1.54, 1.807) is 0 Å². The normalized spacial score (nSPS) is 6.50. The second-order valence-corrected chi connectivity index (χ2v) is 1.59. The first kappa shape index (κ1) is 11.5. The van der Waals surface area contributed by atoms with Crippen LogP contribution in [0.5, 0.6) is 0 Å². The average molecular weight is 285 g/mol. The van der Waals surface area contributed by atoms with E-state index in [0.29, 0.717) is 0 Å². The van der Waals surface area contributed by atoms with Gasteiger partial charge in [0.15, 0.2) is 0 Å². The fourth-order valence-corrected chi connectivity index (χ4v) is 0.275. The van der Waals surface area contributed by atoms with E-state index in [2.05, 4.69) is 0 Å². The van der Waals surface area contributed by atoms with E-state index in [1.165, 1.54) is 0 Å². The summed E-state index contributed by atoms with van der Waals surface area (Å²) in [5.74, 6) is 0. The molecule has 0 aliphatic heterocycles. The first-order chi connectivity index (χ1) is 3.13. The molecule has 0 radical (unpaired) electrons. The van der Waals surface area contributed by atoms with Crippen LogP contribution in [-0.2, 0) is 19.5 Å². The third kappa shape index (κ3) is 9.83. The molecule has 5 heteroatoms. The minimum absolute atomic E-state index is 0. The van der Waals surface area contributed by atoms with Crippen LogP contribution < -0.4 is 0 Å². The molecule has 0 nitrogen and oxygen atoms in total. The minimum Gasteiger partial charge on any atom is -0.190 e. The Balaban J connectivity index is 0. The average Bonchev–Trinajstić information content (AvgIpc) is 1.27. The summed E-state index contributed by atoms with van der Waals surface area (Å²) in [7, 11) is 0. The summed E-state index contributed by atoms with van der Waals surface area (Å²) in [6, 6.07) is 0. The molecule has 0 rings (SSSR count). The molecule has 0 saturated carbocycles. The van der Waals surface area contributed by atoms with Crippen molar-refractivity contribution < 1.29 is 32.6 Å². The van der Waals surface area contributed by atoms with Gasteiger partial charge in [0.25, 0.3) is 0 Å². The van der Waals surface area contributed by atoms with Gasteiger partial charge in [0.2, 0.25) is 3.83 Å². The summed E-state index contributed by atoms with van der Waals surface area (Å²) in [4.78, 5) is 0. The van der Waals surface area contributed by atoms with Gasteiger partial charge in [-0.2, -0.15) is 13.2 Å². The SMILES string of the molecule is FC(F)=C=C(F)I.[Zn]. The van der Waals surface area contributed by atoms with Gasteiger partial charge in [-0.15, -0.1) is 0 Å². The molecule has 0 aliphatic carbocycles. The molecule has 0 aromatic rings. The van der Waals surface area contributed by atoms with Crippen molar-refractivity contribution >= 4 is 22.6 Å². The Bertz CT molecular complexity index is 106. The maximum absolute atomic E-state index is 11.2. The van der Waals surface area contributed by atoms with Crippen LogP contribution in [0.2, 0.25) is 0 Å². The van der Waals surface area contributed by atoms with Crippen molar-refractivity contribution in [3.8, 4) is 0 Å². The predicted octanol–water partition coefficient (Wildman–Crippen LogP) is 2.61. The molecule has 0 amide bonds. The second kappa shape index (κ2) is 5.79. The molecular weight excluding hydrogens is 285 g/mol. The summed E-state index contributed by atoms with van der Waals surface area (Å²) in [6.07, 6.45) is -2.13. The summed E-state index contributed by atoms with van der Waals surface area (Å²) in [5.41, 5.74) is 1.13. The van der Waals surface area contributed by atoms with Crippen molar-refractivity contribution in [3.63, 3.8) is 0 Å². The van der Waals surface area contributed by atoms with Gasteiger partial charge in [0.1, 0.15) is 0 Å². The Morgan fingerprint density at radius 2 is 1.62 bits per heavy atom. The molecule has 0 bridgehead atoms. The van der Waals surface area contributed by atoms with Crippen LogP contribution >= 0.6 is 22.6 Å². The Kier molecular flexibility index (Phi) is 8.30. The third-order valence-electron chi connectivity index (χ3n) is 0.189. The molecule has 0 aliphatic rings. The standard InChI is InChI=1S/C3F3I.Zn/c4-2(5)1-3(6)7;. The van der Waals surface area contributed by atoms with E-state index in [4.69, 9.17) is 0 Å². The molecule has 0 heterocycles. The fourth-order valence-electron chi connectivity index (χ4n) is 0.0714. The van der Waals surface area contributed by atoms with E-state index >= 15 is 0 Å². The van der Waals surface area contributed by atoms with Gasteiger partial charge < -0.3 is 0 Å². The van der Waals surface area contributed by atoms with Crippen LogP contribution in [0.25, 0.3) is 0 Å². The van der Waals surface area contributed by atoms with Crippen molar-refractivity contribution in [2.75, 3.05) is 0 Å². The molecule has 0 atom stereocenters. The van der Waals surface area contributed by atoms with Crippen LogP contribution in [0.15, 0.2) is 15.6 Å². The van der Waals surface area contributed by atoms with Gasteiger partial charge in [-0.05, 0) is 5.73 Å². The zero-order chi connectivity index (χ0) is 5.86. The Morgan fingerprint density at radius 3 is 1.62 bits per heavy atom. The number of hydrogen-bond acceptors (Lipinski definition) is 0. The molecule has 8 heavy (non-hydrogen) atoms. The molecule has 0 unspecified atom stereocenters. The summed E-state index contributed by atoms with van der Waals surface area (Å²) in [5, 5.41) is 0. The molecule has 0 fully saturated rings. The molecule has 0 N–H and O–H groups in total. The monoisotopic (exact) mass is 284 g/mol. The molecular formula is C3F3IZn. The summed E-state index contributed by atoms with van der Waals surface area (Å²) >= 11 is 1.10. The Labute approximate surface area is 70.7 Å². The molecule has 0 aromatic heterocycles. The van der Waals surface area contributed by atoms with Crippen molar-refractivity contribution in [1.82, 2.24) is 0 Å².